The van der Waals surface area contributed by atoms with Crippen molar-refractivity contribution >= 4 is 23.2 Å². The van der Waals surface area contributed by atoms with E-state index in [1.165, 1.54) is 0 Å². The second-order valence-corrected chi connectivity index (χ2v) is 6.29. The number of hydrogen-bond donors (Lipinski definition) is 2. The molecule has 124 valence electrons. The number of fused-ring (bicyclic) bond motifs is 1. The van der Waals surface area contributed by atoms with Crippen LogP contribution in [0.25, 0.3) is 0 Å². The molecule has 3 N–H and O–H groups in total. The summed E-state index contributed by atoms with van der Waals surface area (Å²) >= 11 is 0. The van der Waals surface area contributed by atoms with Crippen molar-refractivity contribution in [3.05, 3.63) is 59.7 Å². The van der Waals surface area contributed by atoms with Gasteiger partial charge in [-0.25, -0.2) is 0 Å². The summed E-state index contributed by atoms with van der Waals surface area (Å²) in [5.41, 5.74) is 8.54. The molecular weight excluding hydrogens is 302 g/mol. The zero-order valence-electron chi connectivity index (χ0n) is 13.9. The zero-order chi connectivity index (χ0) is 17.3. The van der Waals surface area contributed by atoms with Gasteiger partial charge < -0.3 is 16.0 Å². The summed E-state index contributed by atoms with van der Waals surface area (Å²) in [6.45, 7) is 3.94. The summed E-state index contributed by atoms with van der Waals surface area (Å²) in [6, 6.07) is 14.9. The van der Waals surface area contributed by atoms with Crippen LogP contribution in [0, 0.1) is 0 Å². The number of nitrogens with zero attached hydrogens (tertiary/aromatic N) is 1. The average Bonchev–Trinajstić information content (AvgIpc) is 2.99. The lowest BCUT2D eigenvalue weighted by Gasteiger charge is -2.24. The Bertz CT molecular complexity index is 784. The number of amides is 2. The van der Waals surface area contributed by atoms with Crippen molar-refractivity contribution in [2.45, 2.75) is 25.8 Å². The topological polar surface area (TPSA) is 75.4 Å². The molecule has 1 atom stereocenters. The lowest BCUT2D eigenvalue weighted by atomic mass is 9.92. The number of carbonyl (C=O) groups is 2. The van der Waals surface area contributed by atoms with Crippen molar-refractivity contribution < 1.29 is 9.59 Å². The minimum absolute atomic E-state index is 0.0316. The van der Waals surface area contributed by atoms with E-state index in [0.717, 1.165) is 23.2 Å². The number of carbonyl (C=O) groups excluding carboxylic acids is 2. The summed E-state index contributed by atoms with van der Waals surface area (Å²) in [4.78, 5) is 26.0. The Morgan fingerprint density at radius 3 is 2.54 bits per heavy atom. The highest BCUT2D eigenvalue weighted by molar-refractivity contribution is 5.99. The fraction of sp³-hybridized carbons (Fsp3) is 0.263. The van der Waals surface area contributed by atoms with Crippen LogP contribution in [0.1, 0.15) is 25.0 Å². The van der Waals surface area contributed by atoms with Crippen LogP contribution in [-0.4, -0.2) is 18.4 Å². The molecule has 0 aliphatic carbocycles. The summed E-state index contributed by atoms with van der Waals surface area (Å²) in [6.07, 6.45) is 0.789. The summed E-state index contributed by atoms with van der Waals surface area (Å²) in [7, 11) is 0. The van der Waals surface area contributed by atoms with Crippen LogP contribution in [0.2, 0.25) is 0 Å². The van der Waals surface area contributed by atoms with Crippen LogP contribution in [0.3, 0.4) is 0 Å². The van der Waals surface area contributed by atoms with E-state index in [1.54, 1.807) is 24.8 Å². The number of benzene rings is 2. The van der Waals surface area contributed by atoms with E-state index in [9.17, 15) is 9.59 Å². The molecule has 0 saturated carbocycles. The van der Waals surface area contributed by atoms with E-state index in [-0.39, 0.29) is 11.8 Å². The standard InChI is InChI=1S/C19H21N3O2/c1-13(23)22-11-10-14-12-16(8-9-17(14)22)21-18(24)19(2,20)15-6-4-3-5-7-15/h3-9,12H,10-11,20H2,1-2H3,(H,21,24). The molecule has 24 heavy (non-hydrogen) atoms. The van der Waals surface area contributed by atoms with Crippen molar-refractivity contribution in [2.75, 3.05) is 16.8 Å². The third kappa shape index (κ3) is 2.90. The van der Waals surface area contributed by atoms with Gasteiger partial charge in [0.15, 0.2) is 0 Å². The smallest absolute Gasteiger partial charge is 0.248 e. The minimum Gasteiger partial charge on any atom is -0.324 e. The van der Waals surface area contributed by atoms with Gasteiger partial charge in [-0.05, 0) is 42.7 Å². The third-order valence-corrected chi connectivity index (χ3v) is 4.46. The first-order valence-corrected chi connectivity index (χ1v) is 7.96. The van der Waals surface area contributed by atoms with Crippen LogP contribution >= 0.6 is 0 Å². The zero-order valence-corrected chi connectivity index (χ0v) is 13.9. The van der Waals surface area contributed by atoms with E-state index >= 15 is 0 Å². The average molecular weight is 323 g/mol. The Morgan fingerprint density at radius 2 is 1.88 bits per heavy atom. The highest BCUT2D eigenvalue weighted by Gasteiger charge is 2.31. The van der Waals surface area contributed by atoms with Gasteiger partial charge in [-0.15, -0.1) is 0 Å². The van der Waals surface area contributed by atoms with Gasteiger partial charge in [0, 0.05) is 24.8 Å². The molecule has 1 heterocycles. The minimum atomic E-state index is -1.12. The summed E-state index contributed by atoms with van der Waals surface area (Å²) < 4.78 is 0. The van der Waals surface area contributed by atoms with Gasteiger partial charge in [0.2, 0.25) is 11.8 Å². The lowest BCUT2D eigenvalue weighted by Crippen LogP contribution is -2.45. The monoisotopic (exact) mass is 323 g/mol. The van der Waals surface area contributed by atoms with Crippen LogP contribution in [0.15, 0.2) is 48.5 Å². The molecule has 5 heteroatoms. The molecular formula is C19H21N3O2. The summed E-state index contributed by atoms with van der Waals surface area (Å²) in [5.74, 6) is -0.237. The Balaban J connectivity index is 1.80. The Morgan fingerprint density at radius 1 is 1.17 bits per heavy atom. The van der Waals surface area contributed by atoms with Crippen molar-refractivity contribution in [1.82, 2.24) is 0 Å². The number of rotatable bonds is 3. The van der Waals surface area contributed by atoms with Gasteiger partial charge >= 0.3 is 0 Å². The number of anilines is 2. The molecule has 0 spiro atoms. The first kappa shape index (κ1) is 16.2. The molecule has 0 saturated heterocycles. The van der Waals surface area contributed by atoms with Crippen LogP contribution in [-0.2, 0) is 21.5 Å². The molecule has 1 aliphatic heterocycles. The van der Waals surface area contributed by atoms with Gasteiger partial charge in [-0.3, -0.25) is 9.59 Å². The maximum Gasteiger partial charge on any atom is 0.248 e. The third-order valence-electron chi connectivity index (χ3n) is 4.46. The molecule has 1 aliphatic rings. The quantitative estimate of drug-likeness (QED) is 0.911. The maximum absolute atomic E-state index is 12.6. The summed E-state index contributed by atoms with van der Waals surface area (Å²) in [5, 5.41) is 2.89. The first-order valence-electron chi connectivity index (χ1n) is 7.96. The normalized spacial score (nSPS) is 15.5. The molecule has 0 radical (unpaired) electrons. The van der Waals surface area contributed by atoms with Crippen LogP contribution < -0.4 is 16.0 Å². The number of hydrogen-bond acceptors (Lipinski definition) is 3. The van der Waals surface area contributed by atoms with E-state index < -0.39 is 5.54 Å². The van der Waals surface area contributed by atoms with Crippen molar-refractivity contribution in [3.63, 3.8) is 0 Å². The number of nitrogens with two attached hydrogens (primary N) is 1. The molecule has 2 aromatic carbocycles. The highest BCUT2D eigenvalue weighted by Crippen LogP contribution is 2.31. The second-order valence-electron chi connectivity index (χ2n) is 6.29. The lowest BCUT2D eigenvalue weighted by molar-refractivity contribution is -0.121. The first-order chi connectivity index (χ1) is 11.4. The van der Waals surface area contributed by atoms with Crippen LogP contribution in [0.4, 0.5) is 11.4 Å². The molecule has 0 fully saturated rings. The molecule has 0 bridgehead atoms. The molecule has 2 amide bonds. The predicted molar refractivity (Wildman–Crippen MR) is 94.8 cm³/mol. The molecule has 0 aromatic heterocycles. The van der Waals surface area contributed by atoms with Crippen molar-refractivity contribution in [1.29, 1.82) is 0 Å². The van der Waals surface area contributed by atoms with Crippen molar-refractivity contribution in [3.8, 4) is 0 Å². The highest BCUT2D eigenvalue weighted by atomic mass is 16.2. The van der Waals surface area contributed by atoms with Gasteiger partial charge in [0.25, 0.3) is 0 Å². The second kappa shape index (κ2) is 6.09. The molecule has 2 aromatic rings. The number of nitrogens with one attached hydrogen (secondary N) is 1. The predicted octanol–water partition coefficient (Wildman–Crippen LogP) is 2.41. The van der Waals surface area contributed by atoms with Crippen LogP contribution in [0.5, 0.6) is 0 Å². The SMILES string of the molecule is CC(=O)N1CCc2cc(NC(=O)C(C)(N)c3ccccc3)ccc21. The molecule has 5 nitrogen and oxygen atoms in total. The largest absolute Gasteiger partial charge is 0.324 e. The van der Waals surface area contributed by atoms with Gasteiger partial charge in [-0.2, -0.15) is 0 Å². The van der Waals surface area contributed by atoms with E-state index in [0.29, 0.717) is 12.2 Å². The fourth-order valence-corrected chi connectivity index (χ4v) is 2.98. The van der Waals surface area contributed by atoms with Gasteiger partial charge in [-0.1, -0.05) is 30.3 Å². The van der Waals surface area contributed by atoms with E-state index in [2.05, 4.69) is 5.32 Å². The molecule has 3 rings (SSSR count). The Kier molecular flexibility index (Phi) is 4.11. The van der Waals surface area contributed by atoms with Crippen molar-refractivity contribution in [2.24, 2.45) is 5.73 Å². The van der Waals surface area contributed by atoms with E-state index in [4.69, 9.17) is 5.73 Å². The van der Waals surface area contributed by atoms with Gasteiger partial charge in [0.1, 0.15) is 5.54 Å². The Hall–Kier alpha value is -2.66. The maximum atomic E-state index is 12.6. The fourth-order valence-electron chi connectivity index (χ4n) is 2.98. The molecule has 1 unspecified atom stereocenters. The van der Waals surface area contributed by atoms with Gasteiger partial charge in [0.05, 0.1) is 0 Å². The van der Waals surface area contributed by atoms with E-state index in [1.807, 2.05) is 42.5 Å². The Labute approximate surface area is 141 Å².